The van der Waals surface area contributed by atoms with Crippen LogP contribution in [0.5, 0.6) is 34.5 Å². The third-order valence-electron chi connectivity index (χ3n) is 14.9. The lowest BCUT2D eigenvalue weighted by Gasteiger charge is -2.14. The monoisotopic (exact) mass is 1310 g/mol. The molecular weight excluding hydrogens is 1250 g/mol. The second-order valence-electron chi connectivity index (χ2n) is 21.8. The van der Waals surface area contributed by atoms with E-state index in [1.165, 1.54) is 54.6 Å². The smallest absolute Gasteiger partial charge is 0.343 e. The second kappa shape index (κ2) is 33.6. The van der Waals surface area contributed by atoms with E-state index in [1.54, 1.807) is 109 Å². The molecule has 1 atom stereocenters. The van der Waals surface area contributed by atoms with Gasteiger partial charge in [0.2, 0.25) is 0 Å². The number of hydrogen-bond acceptors (Lipinski definition) is 18. The molecule has 98 heavy (non-hydrogen) atoms. The summed E-state index contributed by atoms with van der Waals surface area (Å²) in [7, 11) is 0. The summed E-state index contributed by atoms with van der Waals surface area (Å²) >= 11 is 0. The van der Waals surface area contributed by atoms with E-state index in [9.17, 15) is 33.6 Å². The number of amides is 1. The number of benzene rings is 10. The van der Waals surface area contributed by atoms with E-state index in [4.69, 9.17) is 53.2 Å². The summed E-state index contributed by atoms with van der Waals surface area (Å²) in [5.41, 5.74) is 6.38. The van der Waals surface area contributed by atoms with Gasteiger partial charge >= 0.3 is 35.8 Å². The average Bonchev–Trinajstić information content (AvgIpc) is 0.884. The fourth-order valence-electron chi connectivity index (χ4n) is 9.60. The van der Waals surface area contributed by atoms with Crippen molar-refractivity contribution in [3.8, 4) is 68.9 Å². The zero-order valence-corrected chi connectivity index (χ0v) is 52.8. The Morgan fingerprint density at radius 1 is 0.327 bits per heavy atom. The molecule has 0 spiro atoms. The maximum absolute atomic E-state index is 13.6. The van der Waals surface area contributed by atoms with Crippen LogP contribution >= 0.6 is 0 Å². The predicted molar refractivity (Wildman–Crippen MR) is 359 cm³/mol. The first kappa shape index (κ1) is 67.8. The summed E-state index contributed by atoms with van der Waals surface area (Å²) in [6.07, 6.45) is 0.475. The molecule has 0 unspecified atom stereocenters. The number of carbonyl (C=O) groups is 7. The lowest BCUT2D eigenvalue weighted by Crippen LogP contribution is -2.26. The molecule has 0 heterocycles. The summed E-state index contributed by atoms with van der Waals surface area (Å²) in [5, 5.41) is 21.1. The molecule has 0 aromatic heterocycles. The third kappa shape index (κ3) is 19.2. The van der Waals surface area contributed by atoms with Crippen molar-refractivity contribution in [2.75, 3.05) is 39.6 Å². The van der Waals surface area contributed by atoms with Crippen LogP contribution in [0.1, 0.15) is 115 Å². The van der Waals surface area contributed by atoms with Gasteiger partial charge in [0.1, 0.15) is 47.7 Å². The van der Waals surface area contributed by atoms with Crippen molar-refractivity contribution in [1.29, 1.82) is 10.5 Å². The maximum atomic E-state index is 13.6. The van der Waals surface area contributed by atoms with Crippen molar-refractivity contribution in [2.45, 2.75) is 25.8 Å². The Morgan fingerprint density at radius 2 is 0.633 bits per heavy atom. The minimum atomic E-state index is -0.893. The molecule has 10 aromatic rings. The number of rotatable bonds is 28. The fraction of sp³-hybridized carbons (Fsp3) is 0.127. The van der Waals surface area contributed by atoms with E-state index in [1.807, 2.05) is 85.8 Å². The standard InChI is InChI=1S/C79H61N3O16/c1-52(55-7-3-2-4-8-55)82-73(83)60-21-39-72(40-22-60)98-79(89)63-27-33-69(34-28-63)92-45-46-95-76(86)66-48-64(74(84)93-43-5-41-90-67-29-23-61(24-30-67)77(87)96-70-35-17-58(18-36-70)56-13-9-53(50-80)10-14-56)47-65(49-66)75(85)94-44-6-42-91-68-31-25-62(26-32-68)78(88)97-71-37-19-59(20-38-71)57-15-11-54(51-81)12-16-57/h2-4,7-40,47-49,52H,5-6,41-46H2,1H3,(H,82,83)/t52-/m0/s1. The summed E-state index contributed by atoms with van der Waals surface area (Å²) in [6, 6.07) is 70.3. The van der Waals surface area contributed by atoms with Crippen LogP contribution in [-0.2, 0) is 14.2 Å². The molecular formula is C79H61N3O16. The zero-order valence-electron chi connectivity index (χ0n) is 52.8. The SMILES string of the molecule is C[C@H](NC(=O)c1ccc(OC(=O)c2ccc(OCCOC(=O)c3cc(C(=O)OCCCOc4ccc(C(=O)Oc5ccc(-c6ccc(C#N)cc6)cc5)cc4)cc(C(=O)OCCCOc4ccc(C(=O)Oc5ccc(-c6ccc(C#N)cc6)cc5)cc4)c3)cc2)cc1)c1ccccc1. The average molecular weight is 1310 g/mol. The van der Waals surface area contributed by atoms with Gasteiger partial charge in [-0.2, -0.15) is 10.5 Å². The lowest BCUT2D eigenvalue weighted by molar-refractivity contribution is 0.0448. The predicted octanol–water partition coefficient (Wildman–Crippen LogP) is 14.4. The van der Waals surface area contributed by atoms with Gasteiger partial charge in [-0.25, -0.2) is 28.8 Å². The molecule has 0 fully saturated rings. The van der Waals surface area contributed by atoms with Crippen molar-refractivity contribution in [1.82, 2.24) is 5.32 Å². The molecule has 488 valence electrons. The van der Waals surface area contributed by atoms with Crippen molar-refractivity contribution >= 4 is 41.7 Å². The summed E-state index contributed by atoms with van der Waals surface area (Å²) in [6.45, 7) is 1.50. The van der Waals surface area contributed by atoms with Gasteiger partial charge in [0.25, 0.3) is 5.91 Å². The van der Waals surface area contributed by atoms with Gasteiger partial charge in [0, 0.05) is 18.4 Å². The van der Waals surface area contributed by atoms with Crippen LogP contribution in [0, 0.1) is 22.7 Å². The molecule has 10 rings (SSSR count). The van der Waals surface area contributed by atoms with E-state index in [0.29, 0.717) is 45.4 Å². The van der Waals surface area contributed by atoms with Gasteiger partial charge in [-0.3, -0.25) is 4.79 Å². The largest absolute Gasteiger partial charge is 0.493 e. The molecule has 19 heteroatoms. The number of nitrogens with one attached hydrogen (secondary N) is 1. The van der Waals surface area contributed by atoms with Crippen molar-refractivity contribution in [3.05, 3.63) is 298 Å². The van der Waals surface area contributed by atoms with Gasteiger partial charge in [-0.1, -0.05) is 78.9 Å². The molecule has 19 nitrogen and oxygen atoms in total. The quantitative estimate of drug-likeness (QED) is 0.0207. The normalized spacial score (nSPS) is 10.8. The molecule has 0 bridgehead atoms. The highest BCUT2D eigenvalue weighted by Gasteiger charge is 2.21. The van der Waals surface area contributed by atoms with Crippen LogP contribution in [0.15, 0.2) is 243 Å². The molecule has 0 saturated carbocycles. The van der Waals surface area contributed by atoms with Gasteiger partial charge < -0.3 is 47.9 Å². The van der Waals surface area contributed by atoms with E-state index in [0.717, 1.165) is 27.8 Å². The van der Waals surface area contributed by atoms with E-state index in [-0.39, 0.29) is 104 Å². The molecule has 1 N–H and O–H groups in total. The van der Waals surface area contributed by atoms with Crippen molar-refractivity contribution in [2.24, 2.45) is 0 Å². The Morgan fingerprint density at radius 3 is 0.990 bits per heavy atom. The topological polar surface area (TPSA) is 262 Å². The summed E-state index contributed by atoms with van der Waals surface area (Å²) in [4.78, 5) is 92.4. The van der Waals surface area contributed by atoms with Crippen LogP contribution in [0.2, 0.25) is 0 Å². The van der Waals surface area contributed by atoms with Gasteiger partial charge in [-0.05, 0) is 199 Å². The molecule has 0 saturated heterocycles. The van der Waals surface area contributed by atoms with Crippen molar-refractivity contribution < 1.29 is 76.2 Å². The third-order valence-corrected chi connectivity index (χ3v) is 14.9. The van der Waals surface area contributed by atoms with Gasteiger partial charge in [0.05, 0.1) is 89.1 Å². The first-order valence-corrected chi connectivity index (χ1v) is 30.9. The lowest BCUT2D eigenvalue weighted by atomic mass is 10.0. The molecule has 0 aliphatic carbocycles. The molecule has 0 aliphatic heterocycles. The summed E-state index contributed by atoms with van der Waals surface area (Å²) in [5.74, 6) is -2.53. The number of hydrogen-bond donors (Lipinski definition) is 1. The molecule has 0 aliphatic rings. The van der Waals surface area contributed by atoms with Crippen LogP contribution in [-0.4, -0.2) is 81.4 Å². The van der Waals surface area contributed by atoms with Crippen LogP contribution < -0.4 is 33.7 Å². The second-order valence-corrected chi connectivity index (χ2v) is 21.8. The fourth-order valence-corrected chi connectivity index (χ4v) is 9.60. The van der Waals surface area contributed by atoms with Crippen LogP contribution in [0.4, 0.5) is 0 Å². The highest BCUT2D eigenvalue weighted by molar-refractivity contribution is 6.01. The Kier molecular flexibility index (Phi) is 23.2. The molecule has 1 amide bonds. The number of nitriles is 2. The van der Waals surface area contributed by atoms with Crippen molar-refractivity contribution in [3.63, 3.8) is 0 Å². The minimum absolute atomic E-state index is 0.114. The van der Waals surface area contributed by atoms with Crippen LogP contribution in [0.3, 0.4) is 0 Å². The van der Waals surface area contributed by atoms with Gasteiger partial charge in [-0.15, -0.1) is 0 Å². The number of esters is 6. The molecule has 10 aromatic carbocycles. The maximum Gasteiger partial charge on any atom is 0.343 e. The Bertz CT molecular complexity index is 4310. The summed E-state index contributed by atoms with van der Waals surface area (Å²) < 4.78 is 50.6. The highest BCUT2D eigenvalue weighted by atomic mass is 16.6. The Labute approximate surface area is 563 Å². The van der Waals surface area contributed by atoms with E-state index in [2.05, 4.69) is 17.5 Å². The number of nitrogens with zero attached hydrogens (tertiary/aromatic N) is 2. The number of carbonyl (C=O) groups excluding carboxylic acids is 7. The molecule has 0 radical (unpaired) electrons. The first-order chi connectivity index (χ1) is 47.7. The van der Waals surface area contributed by atoms with E-state index < -0.39 is 35.8 Å². The highest BCUT2D eigenvalue weighted by Crippen LogP contribution is 2.27. The van der Waals surface area contributed by atoms with E-state index >= 15 is 0 Å². The Hall–Kier alpha value is -13.1. The first-order valence-electron chi connectivity index (χ1n) is 30.9. The Balaban J connectivity index is 0.690. The van der Waals surface area contributed by atoms with Crippen LogP contribution in [0.25, 0.3) is 22.3 Å². The minimum Gasteiger partial charge on any atom is -0.493 e. The zero-order chi connectivity index (χ0) is 68.6. The number of ether oxygens (including phenoxy) is 9. The van der Waals surface area contributed by atoms with Gasteiger partial charge in [0.15, 0.2) is 0 Å².